The summed E-state index contributed by atoms with van der Waals surface area (Å²) in [6.07, 6.45) is 6.61. The summed E-state index contributed by atoms with van der Waals surface area (Å²) in [6, 6.07) is -0.273. The van der Waals surface area contributed by atoms with Crippen molar-refractivity contribution in [2.24, 2.45) is 5.73 Å². The fourth-order valence-electron chi connectivity index (χ4n) is 1.35. The van der Waals surface area contributed by atoms with Crippen molar-refractivity contribution in [2.45, 2.75) is 19.4 Å². The van der Waals surface area contributed by atoms with Crippen LogP contribution in [0.3, 0.4) is 0 Å². The Kier molecular flexibility index (Phi) is 2.53. The zero-order valence-electron chi connectivity index (χ0n) is 7.45. The maximum absolute atomic E-state index is 10.9. The molecule has 0 radical (unpaired) electrons. The molecule has 0 saturated heterocycles. The first-order valence-electron chi connectivity index (χ1n) is 4.06. The Morgan fingerprint density at radius 1 is 1.75 bits per heavy atom. The number of carbonyl (C=O) groups excluding carboxylic acids is 1. The molecule has 0 aromatic heterocycles. The van der Waals surface area contributed by atoms with Crippen LogP contribution in [0.15, 0.2) is 23.9 Å². The van der Waals surface area contributed by atoms with Gasteiger partial charge >= 0.3 is 0 Å². The van der Waals surface area contributed by atoms with Crippen molar-refractivity contribution >= 4 is 5.91 Å². The zero-order chi connectivity index (χ0) is 9.14. The molecule has 1 aliphatic rings. The lowest BCUT2D eigenvalue weighted by atomic mass is 10.1. The molecule has 1 heterocycles. The smallest absolute Gasteiger partial charge is 0.244 e. The highest BCUT2D eigenvalue weighted by Crippen LogP contribution is 2.15. The van der Waals surface area contributed by atoms with Crippen molar-refractivity contribution < 1.29 is 4.79 Å². The molecule has 0 saturated carbocycles. The van der Waals surface area contributed by atoms with Crippen LogP contribution >= 0.6 is 0 Å². The molecule has 0 bridgehead atoms. The molecule has 1 amide bonds. The van der Waals surface area contributed by atoms with E-state index in [1.54, 1.807) is 0 Å². The summed E-state index contributed by atoms with van der Waals surface area (Å²) < 4.78 is 0. The average Bonchev–Trinajstić information content (AvgIpc) is 2.04. The minimum absolute atomic E-state index is 0.273. The van der Waals surface area contributed by atoms with Gasteiger partial charge in [-0.3, -0.25) is 4.79 Å². The van der Waals surface area contributed by atoms with Crippen LogP contribution in [0.4, 0.5) is 0 Å². The van der Waals surface area contributed by atoms with Gasteiger partial charge in [0.15, 0.2) is 0 Å². The molecule has 66 valence electrons. The maximum atomic E-state index is 10.9. The number of hydrogen-bond acceptors (Lipinski definition) is 2. The van der Waals surface area contributed by atoms with Crippen molar-refractivity contribution in [1.29, 1.82) is 0 Å². The summed E-state index contributed by atoms with van der Waals surface area (Å²) in [6.45, 7) is 2.06. The third kappa shape index (κ3) is 1.49. The van der Waals surface area contributed by atoms with Gasteiger partial charge in [-0.05, 0) is 12.5 Å². The van der Waals surface area contributed by atoms with Gasteiger partial charge in [0.05, 0.1) is 0 Å². The summed E-state index contributed by atoms with van der Waals surface area (Å²) >= 11 is 0. The number of primary amides is 1. The molecule has 3 heteroatoms. The van der Waals surface area contributed by atoms with E-state index in [4.69, 9.17) is 5.73 Å². The summed E-state index contributed by atoms with van der Waals surface area (Å²) in [5.41, 5.74) is 6.36. The quantitative estimate of drug-likeness (QED) is 0.654. The SMILES string of the molecule is CCC1=CC=CC(C(N)=O)N1C. The molecule has 2 N–H and O–H groups in total. The average molecular weight is 166 g/mol. The second-order valence-electron chi connectivity index (χ2n) is 2.85. The molecular formula is C9H14N2O. The lowest BCUT2D eigenvalue weighted by Gasteiger charge is -2.29. The monoisotopic (exact) mass is 166 g/mol. The molecule has 1 atom stereocenters. The standard InChI is InChI=1S/C9H14N2O/c1-3-7-5-4-6-8(9(10)12)11(7)2/h4-6,8H,3H2,1-2H3,(H2,10,12). The number of amides is 1. The van der Waals surface area contributed by atoms with Crippen molar-refractivity contribution in [1.82, 2.24) is 4.90 Å². The van der Waals surface area contributed by atoms with Gasteiger partial charge in [-0.2, -0.15) is 0 Å². The Hall–Kier alpha value is -1.25. The summed E-state index contributed by atoms with van der Waals surface area (Å²) in [4.78, 5) is 12.8. The number of nitrogens with two attached hydrogens (primary N) is 1. The maximum Gasteiger partial charge on any atom is 0.244 e. The van der Waals surface area contributed by atoms with E-state index in [1.165, 1.54) is 0 Å². The van der Waals surface area contributed by atoms with Crippen LogP contribution in [-0.2, 0) is 4.79 Å². The highest BCUT2D eigenvalue weighted by atomic mass is 16.1. The third-order valence-electron chi connectivity index (χ3n) is 2.11. The molecule has 1 aliphatic heterocycles. The molecule has 0 spiro atoms. The van der Waals surface area contributed by atoms with Crippen LogP contribution in [0, 0.1) is 0 Å². The second kappa shape index (κ2) is 3.43. The van der Waals surface area contributed by atoms with E-state index in [1.807, 2.05) is 30.2 Å². The lowest BCUT2D eigenvalue weighted by Crippen LogP contribution is -2.41. The van der Waals surface area contributed by atoms with Gasteiger partial charge < -0.3 is 10.6 Å². The first kappa shape index (κ1) is 8.84. The summed E-state index contributed by atoms with van der Waals surface area (Å²) in [5, 5.41) is 0. The second-order valence-corrected chi connectivity index (χ2v) is 2.85. The van der Waals surface area contributed by atoms with Gasteiger partial charge in [0.2, 0.25) is 5.91 Å². The van der Waals surface area contributed by atoms with Gasteiger partial charge in [-0.15, -0.1) is 0 Å². The molecule has 0 aliphatic carbocycles. The van der Waals surface area contributed by atoms with Crippen molar-refractivity contribution in [3.8, 4) is 0 Å². The molecule has 12 heavy (non-hydrogen) atoms. The molecule has 0 aromatic carbocycles. The number of hydrogen-bond donors (Lipinski definition) is 1. The lowest BCUT2D eigenvalue weighted by molar-refractivity contribution is -0.120. The first-order valence-corrected chi connectivity index (χ1v) is 4.06. The highest BCUT2D eigenvalue weighted by Gasteiger charge is 2.20. The third-order valence-corrected chi connectivity index (χ3v) is 2.11. The Balaban J connectivity index is 2.80. The first-order chi connectivity index (χ1) is 5.66. The predicted molar refractivity (Wildman–Crippen MR) is 48.3 cm³/mol. The van der Waals surface area contributed by atoms with E-state index in [0.717, 1.165) is 12.1 Å². The molecule has 1 rings (SSSR count). The van der Waals surface area contributed by atoms with Gasteiger partial charge in [-0.25, -0.2) is 0 Å². The number of rotatable bonds is 2. The Morgan fingerprint density at radius 3 is 2.92 bits per heavy atom. The van der Waals surface area contributed by atoms with Crippen LogP contribution in [0.25, 0.3) is 0 Å². The number of nitrogens with zero attached hydrogens (tertiary/aromatic N) is 1. The highest BCUT2D eigenvalue weighted by molar-refractivity contribution is 5.82. The van der Waals surface area contributed by atoms with Crippen LogP contribution in [0.5, 0.6) is 0 Å². The molecule has 0 fully saturated rings. The Labute approximate surface area is 72.5 Å². The van der Waals surface area contributed by atoms with E-state index in [0.29, 0.717) is 0 Å². The Morgan fingerprint density at radius 2 is 2.42 bits per heavy atom. The Bertz CT molecular complexity index is 243. The summed E-state index contributed by atoms with van der Waals surface area (Å²) in [7, 11) is 1.88. The van der Waals surface area contributed by atoms with Crippen molar-refractivity contribution in [2.75, 3.05) is 7.05 Å². The van der Waals surface area contributed by atoms with E-state index in [2.05, 4.69) is 6.92 Å². The normalized spacial score (nSPS) is 22.3. The van der Waals surface area contributed by atoms with Crippen molar-refractivity contribution in [3.05, 3.63) is 23.9 Å². The van der Waals surface area contributed by atoms with Gasteiger partial charge in [0.25, 0.3) is 0 Å². The zero-order valence-corrected chi connectivity index (χ0v) is 7.45. The molecule has 3 nitrogen and oxygen atoms in total. The fourth-order valence-corrected chi connectivity index (χ4v) is 1.35. The molecule has 1 unspecified atom stereocenters. The van der Waals surface area contributed by atoms with Gasteiger partial charge in [0.1, 0.15) is 6.04 Å². The van der Waals surface area contributed by atoms with Crippen molar-refractivity contribution in [3.63, 3.8) is 0 Å². The van der Waals surface area contributed by atoms with E-state index in [9.17, 15) is 4.79 Å². The predicted octanol–water partition coefficient (Wildman–Crippen LogP) is 0.636. The van der Waals surface area contributed by atoms with E-state index in [-0.39, 0.29) is 11.9 Å². The molecule has 0 aromatic rings. The number of allylic oxidation sites excluding steroid dienone is 3. The van der Waals surface area contributed by atoms with Gasteiger partial charge in [-0.1, -0.05) is 19.1 Å². The minimum Gasteiger partial charge on any atom is -0.368 e. The van der Waals surface area contributed by atoms with Gasteiger partial charge in [0, 0.05) is 12.7 Å². The fraction of sp³-hybridized carbons (Fsp3) is 0.444. The largest absolute Gasteiger partial charge is 0.368 e. The van der Waals surface area contributed by atoms with E-state index < -0.39 is 0 Å². The number of likely N-dealkylation sites (N-methyl/N-ethyl adjacent to an activating group) is 1. The van der Waals surface area contributed by atoms with Crippen LogP contribution < -0.4 is 5.73 Å². The van der Waals surface area contributed by atoms with Crippen LogP contribution in [-0.4, -0.2) is 23.9 Å². The molecular weight excluding hydrogens is 152 g/mol. The van der Waals surface area contributed by atoms with E-state index >= 15 is 0 Å². The van der Waals surface area contributed by atoms with Crippen LogP contribution in [0.2, 0.25) is 0 Å². The summed E-state index contributed by atoms with van der Waals surface area (Å²) in [5.74, 6) is -0.298. The van der Waals surface area contributed by atoms with Crippen LogP contribution in [0.1, 0.15) is 13.3 Å². The number of carbonyl (C=O) groups is 1. The minimum atomic E-state index is -0.298. The topological polar surface area (TPSA) is 46.3 Å².